The van der Waals surface area contributed by atoms with E-state index in [0.29, 0.717) is 31.3 Å². The largest absolute Gasteiger partial charge is 0.493 e. The molecule has 1 aliphatic rings. The van der Waals surface area contributed by atoms with Crippen LogP contribution in [0.15, 0.2) is 47.4 Å². The minimum atomic E-state index is -3.72. The number of anilines is 1. The van der Waals surface area contributed by atoms with Crippen LogP contribution in [0.5, 0.6) is 11.5 Å². The van der Waals surface area contributed by atoms with Crippen LogP contribution in [0, 0.1) is 0 Å². The van der Waals surface area contributed by atoms with E-state index in [0.717, 1.165) is 0 Å². The third-order valence-electron chi connectivity index (χ3n) is 5.06. The molecular weight excluding hydrogens is 464 g/mol. The van der Waals surface area contributed by atoms with Gasteiger partial charge in [-0.2, -0.15) is 4.31 Å². The molecule has 1 heterocycles. The van der Waals surface area contributed by atoms with Crippen molar-refractivity contribution in [1.82, 2.24) is 4.31 Å². The standard InChI is InChI=1S/C23H28N2O8S/c1-4-32-20-9-8-17(14-21(20)30-3)23(27)33-16(2)22(26)24-18-6-5-7-19(15-18)34(28,29)25-10-12-31-13-11-25/h5-9,14-16H,4,10-13H2,1-3H3,(H,24,26). The van der Waals surface area contributed by atoms with Crippen LogP contribution in [0.1, 0.15) is 24.2 Å². The topological polar surface area (TPSA) is 120 Å². The van der Waals surface area contributed by atoms with E-state index in [1.165, 1.54) is 48.7 Å². The van der Waals surface area contributed by atoms with Crippen molar-refractivity contribution < 1.29 is 37.0 Å². The van der Waals surface area contributed by atoms with Gasteiger partial charge < -0.3 is 24.3 Å². The maximum Gasteiger partial charge on any atom is 0.339 e. The first-order chi connectivity index (χ1) is 16.3. The third kappa shape index (κ3) is 6.04. The molecule has 0 bridgehead atoms. The fourth-order valence-electron chi connectivity index (χ4n) is 3.27. The van der Waals surface area contributed by atoms with Gasteiger partial charge in [-0.1, -0.05) is 6.07 Å². The van der Waals surface area contributed by atoms with Crippen LogP contribution in [-0.2, 0) is 24.3 Å². The van der Waals surface area contributed by atoms with Crippen LogP contribution in [0.3, 0.4) is 0 Å². The number of amides is 1. The van der Waals surface area contributed by atoms with E-state index in [2.05, 4.69) is 5.32 Å². The lowest BCUT2D eigenvalue weighted by molar-refractivity contribution is -0.123. The van der Waals surface area contributed by atoms with Gasteiger partial charge in [-0.3, -0.25) is 4.79 Å². The van der Waals surface area contributed by atoms with Crippen molar-refractivity contribution in [3.05, 3.63) is 48.0 Å². The number of carbonyl (C=O) groups excluding carboxylic acids is 2. The van der Waals surface area contributed by atoms with Crippen LogP contribution in [-0.4, -0.2) is 70.7 Å². The maximum atomic E-state index is 12.8. The second kappa shape index (κ2) is 11.3. The molecule has 1 unspecified atom stereocenters. The summed E-state index contributed by atoms with van der Waals surface area (Å²) in [5.74, 6) is -0.467. The van der Waals surface area contributed by atoms with Crippen LogP contribution in [0.4, 0.5) is 5.69 Å². The summed E-state index contributed by atoms with van der Waals surface area (Å²) in [4.78, 5) is 25.2. The Kier molecular flexibility index (Phi) is 8.48. The molecule has 1 amide bonds. The molecule has 1 atom stereocenters. The number of morpholine rings is 1. The Morgan fingerprint density at radius 2 is 1.85 bits per heavy atom. The van der Waals surface area contributed by atoms with Crippen molar-refractivity contribution in [2.45, 2.75) is 24.8 Å². The Hall–Kier alpha value is -3.15. The first-order valence-corrected chi connectivity index (χ1v) is 12.2. The zero-order valence-corrected chi connectivity index (χ0v) is 20.1. The van der Waals surface area contributed by atoms with E-state index in [1.807, 2.05) is 6.92 Å². The van der Waals surface area contributed by atoms with Crippen molar-refractivity contribution in [2.75, 3.05) is 45.3 Å². The number of esters is 1. The van der Waals surface area contributed by atoms with Gasteiger partial charge in [0.15, 0.2) is 17.6 Å². The molecule has 0 aliphatic carbocycles. The fraction of sp³-hybridized carbons (Fsp3) is 0.391. The average Bonchev–Trinajstić information content (AvgIpc) is 2.85. The van der Waals surface area contributed by atoms with E-state index < -0.39 is 28.0 Å². The quantitative estimate of drug-likeness (QED) is 0.530. The highest BCUT2D eigenvalue weighted by Gasteiger charge is 2.27. The number of benzene rings is 2. The van der Waals surface area contributed by atoms with Crippen LogP contribution >= 0.6 is 0 Å². The molecule has 34 heavy (non-hydrogen) atoms. The van der Waals surface area contributed by atoms with Crippen molar-refractivity contribution >= 4 is 27.6 Å². The van der Waals surface area contributed by atoms with Crippen LogP contribution in [0.25, 0.3) is 0 Å². The van der Waals surface area contributed by atoms with Crippen molar-refractivity contribution in [3.63, 3.8) is 0 Å². The minimum Gasteiger partial charge on any atom is -0.493 e. The summed E-state index contributed by atoms with van der Waals surface area (Å²) in [6, 6.07) is 10.5. The molecule has 2 aromatic carbocycles. The molecule has 0 saturated carbocycles. The molecule has 2 aromatic rings. The smallest absolute Gasteiger partial charge is 0.339 e. The monoisotopic (exact) mass is 492 g/mol. The lowest BCUT2D eigenvalue weighted by Crippen LogP contribution is -2.40. The normalized spacial score (nSPS) is 15.3. The third-order valence-corrected chi connectivity index (χ3v) is 6.96. The number of nitrogens with one attached hydrogen (secondary N) is 1. The Balaban J connectivity index is 1.65. The van der Waals surface area contributed by atoms with Gasteiger partial charge >= 0.3 is 5.97 Å². The molecular formula is C23H28N2O8S. The number of carbonyl (C=O) groups is 2. The van der Waals surface area contributed by atoms with Gasteiger partial charge in [0.1, 0.15) is 0 Å². The molecule has 1 aliphatic heterocycles. The highest BCUT2D eigenvalue weighted by molar-refractivity contribution is 7.89. The minimum absolute atomic E-state index is 0.0540. The lowest BCUT2D eigenvalue weighted by atomic mass is 10.2. The summed E-state index contributed by atoms with van der Waals surface area (Å²) in [6.07, 6.45) is -1.13. The van der Waals surface area contributed by atoms with E-state index in [4.69, 9.17) is 18.9 Å². The number of ether oxygens (including phenoxy) is 4. The predicted octanol–water partition coefficient (Wildman–Crippen LogP) is 2.30. The van der Waals surface area contributed by atoms with Crippen molar-refractivity contribution in [2.24, 2.45) is 0 Å². The molecule has 11 heteroatoms. The summed E-state index contributed by atoms with van der Waals surface area (Å²) in [6.45, 7) is 4.89. The molecule has 1 fully saturated rings. The lowest BCUT2D eigenvalue weighted by Gasteiger charge is -2.26. The SMILES string of the molecule is CCOc1ccc(C(=O)OC(C)C(=O)Nc2cccc(S(=O)(=O)N3CCOCC3)c2)cc1OC. The molecule has 184 valence electrons. The highest BCUT2D eigenvalue weighted by atomic mass is 32.2. The zero-order valence-electron chi connectivity index (χ0n) is 19.3. The summed E-state index contributed by atoms with van der Waals surface area (Å²) in [5, 5.41) is 2.59. The van der Waals surface area contributed by atoms with E-state index in [9.17, 15) is 18.0 Å². The number of methoxy groups -OCH3 is 1. The number of sulfonamides is 1. The first kappa shape index (κ1) is 25.5. The zero-order chi connectivity index (χ0) is 24.7. The Bertz CT molecular complexity index is 1130. The Morgan fingerprint density at radius 3 is 2.53 bits per heavy atom. The van der Waals surface area contributed by atoms with Gasteiger partial charge in [-0.25, -0.2) is 13.2 Å². The molecule has 1 saturated heterocycles. The van der Waals surface area contributed by atoms with Gasteiger partial charge in [0, 0.05) is 18.8 Å². The fourth-order valence-corrected chi connectivity index (χ4v) is 4.72. The van der Waals surface area contributed by atoms with Gasteiger partial charge in [-0.05, 0) is 50.2 Å². The summed E-state index contributed by atoms with van der Waals surface area (Å²) in [7, 11) is -2.26. The number of nitrogens with zero attached hydrogens (tertiary/aromatic N) is 1. The number of rotatable bonds is 9. The Labute approximate surface area is 198 Å². The first-order valence-electron chi connectivity index (χ1n) is 10.8. The van der Waals surface area contributed by atoms with E-state index in [1.54, 1.807) is 12.1 Å². The summed E-state index contributed by atoms with van der Waals surface area (Å²) in [5.41, 5.74) is 0.462. The average molecular weight is 493 g/mol. The number of hydrogen-bond acceptors (Lipinski definition) is 8. The van der Waals surface area contributed by atoms with E-state index >= 15 is 0 Å². The molecule has 3 rings (SSSR count). The van der Waals surface area contributed by atoms with Gasteiger partial charge in [0.05, 0.1) is 37.4 Å². The summed E-state index contributed by atoms with van der Waals surface area (Å²) >= 11 is 0. The number of hydrogen-bond donors (Lipinski definition) is 1. The van der Waals surface area contributed by atoms with E-state index in [-0.39, 0.29) is 29.2 Å². The highest BCUT2D eigenvalue weighted by Crippen LogP contribution is 2.28. The maximum absolute atomic E-state index is 12.8. The molecule has 0 radical (unpaired) electrons. The van der Waals surface area contributed by atoms with Crippen molar-refractivity contribution in [1.29, 1.82) is 0 Å². The van der Waals surface area contributed by atoms with Crippen LogP contribution in [0.2, 0.25) is 0 Å². The molecule has 0 spiro atoms. The molecule has 1 N–H and O–H groups in total. The van der Waals surface area contributed by atoms with Crippen molar-refractivity contribution in [3.8, 4) is 11.5 Å². The van der Waals surface area contributed by atoms with Gasteiger partial charge in [0.2, 0.25) is 10.0 Å². The van der Waals surface area contributed by atoms with Gasteiger partial charge in [0.25, 0.3) is 5.91 Å². The molecule has 0 aromatic heterocycles. The van der Waals surface area contributed by atoms with Crippen LogP contribution < -0.4 is 14.8 Å². The molecule has 10 nitrogen and oxygen atoms in total. The summed E-state index contributed by atoms with van der Waals surface area (Å²) < 4.78 is 48.2. The predicted molar refractivity (Wildman–Crippen MR) is 124 cm³/mol. The second-order valence-corrected chi connectivity index (χ2v) is 9.32. The van der Waals surface area contributed by atoms with Gasteiger partial charge in [-0.15, -0.1) is 0 Å². The second-order valence-electron chi connectivity index (χ2n) is 7.38. The Morgan fingerprint density at radius 1 is 1.12 bits per heavy atom.